The van der Waals surface area contributed by atoms with Crippen molar-refractivity contribution < 1.29 is 30.7 Å². The quantitative estimate of drug-likeness (QED) is 0.370. The molecule has 0 amide bonds. The van der Waals surface area contributed by atoms with Gasteiger partial charge in [0.05, 0.1) is 11.8 Å². The summed E-state index contributed by atoms with van der Waals surface area (Å²) in [6.45, 7) is 0. The molecule has 0 spiro atoms. The van der Waals surface area contributed by atoms with E-state index in [2.05, 4.69) is 25.3 Å². The Morgan fingerprint density at radius 3 is 1.42 bits per heavy atom. The molecule has 0 heterocycles. The van der Waals surface area contributed by atoms with E-state index in [1.54, 1.807) is 0 Å². The number of hydrogen-bond donors (Lipinski definition) is 2. The number of anilines is 1. The Kier molecular flexibility index (Phi) is 4.88. The summed E-state index contributed by atoms with van der Waals surface area (Å²) in [5.41, 5.74) is -3.89. The van der Waals surface area contributed by atoms with E-state index in [4.69, 9.17) is 0 Å². The number of nitrogens with zero attached hydrogens (tertiary/aromatic N) is 1. The van der Waals surface area contributed by atoms with Crippen LogP contribution in [0.15, 0.2) is 0 Å². The van der Waals surface area contributed by atoms with E-state index in [1.807, 2.05) is 0 Å². The topological polar surface area (TPSA) is 3.24 Å². The van der Waals surface area contributed by atoms with Crippen LogP contribution in [0.1, 0.15) is 5.56 Å². The molecule has 19 heavy (non-hydrogen) atoms. The van der Waals surface area contributed by atoms with Crippen LogP contribution in [-0.4, -0.2) is 11.8 Å². The van der Waals surface area contributed by atoms with Crippen molar-refractivity contribution in [3.05, 3.63) is 28.8 Å². The first-order chi connectivity index (χ1) is 8.66. The van der Waals surface area contributed by atoms with Gasteiger partial charge in [0.15, 0.2) is 23.3 Å². The predicted molar refractivity (Wildman–Crippen MR) is 61.5 cm³/mol. The molecule has 0 unspecified atom stereocenters. The smallest absolute Gasteiger partial charge is 0.349 e. The molecule has 0 N–H and O–H groups in total. The SMILES string of the molecule is Fc1c(F)c(C(F)(F)F)c(F)c(F)c1N(CS)CS. The Balaban J connectivity index is 3.66. The van der Waals surface area contributed by atoms with E-state index in [9.17, 15) is 30.7 Å². The number of rotatable bonds is 3. The van der Waals surface area contributed by atoms with E-state index >= 15 is 0 Å². The fourth-order valence-corrected chi connectivity index (χ4v) is 1.97. The second kappa shape index (κ2) is 5.70. The van der Waals surface area contributed by atoms with Gasteiger partial charge in [-0.3, -0.25) is 0 Å². The standard InChI is InChI=1S/C9H6F7NS2/c10-4-3(9(14,15)16)5(11)7(13)8(6(4)12)17(1-18)2-19/h18-19H,1-2H2. The van der Waals surface area contributed by atoms with Crippen molar-refractivity contribution >= 4 is 30.9 Å². The third-order valence-corrected chi connectivity index (χ3v) is 2.86. The van der Waals surface area contributed by atoms with E-state index in [-0.39, 0.29) is 0 Å². The highest BCUT2D eigenvalue weighted by atomic mass is 32.1. The van der Waals surface area contributed by atoms with E-state index in [0.717, 1.165) is 0 Å². The van der Waals surface area contributed by atoms with Crippen molar-refractivity contribution in [3.8, 4) is 0 Å². The first-order valence-electron chi connectivity index (χ1n) is 4.56. The van der Waals surface area contributed by atoms with E-state index in [1.165, 1.54) is 0 Å². The summed E-state index contributed by atoms with van der Waals surface area (Å²) in [7, 11) is 0. The van der Waals surface area contributed by atoms with Crippen molar-refractivity contribution in [1.82, 2.24) is 0 Å². The van der Waals surface area contributed by atoms with Gasteiger partial charge in [0.25, 0.3) is 0 Å². The highest BCUT2D eigenvalue weighted by Gasteiger charge is 2.42. The van der Waals surface area contributed by atoms with Crippen LogP contribution in [0.25, 0.3) is 0 Å². The summed E-state index contributed by atoms with van der Waals surface area (Å²) in [6.07, 6.45) is -5.55. The maximum Gasteiger partial charge on any atom is 0.422 e. The first-order valence-corrected chi connectivity index (χ1v) is 5.83. The van der Waals surface area contributed by atoms with Crippen molar-refractivity contribution in [2.24, 2.45) is 0 Å². The lowest BCUT2D eigenvalue weighted by Crippen LogP contribution is -2.25. The molecule has 0 atom stereocenters. The van der Waals surface area contributed by atoms with Crippen LogP contribution in [0.5, 0.6) is 0 Å². The summed E-state index contributed by atoms with van der Waals surface area (Å²) in [6, 6.07) is 0. The Morgan fingerprint density at radius 1 is 0.789 bits per heavy atom. The number of halogens is 7. The zero-order valence-electron chi connectivity index (χ0n) is 8.90. The van der Waals surface area contributed by atoms with Gasteiger partial charge in [0.1, 0.15) is 11.3 Å². The van der Waals surface area contributed by atoms with Crippen LogP contribution in [0, 0.1) is 23.3 Å². The van der Waals surface area contributed by atoms with Gasteiger partial charge in [-0.15, -0.1) is 0 Å². The Labute approximate surface area is 114 Å². The molecule has 0 aliphatic heterocycles. The molecule has 0 fully saturated rings. The molecule has 1 rings (SSSR count). The van der Waals surface area contributed by atoms with Crippen molar-refractivity contribution in [2.45, 2.75) is 6.18 Å². The lowest BCUT2D eigenvalue weighted by molar-refractivity contribution is -0.143. The van der Waals surface area contributed by atoms with Crippen LogP contribution >= 0.6 is 25.3 Å². The minimum absolute atomic E-state index is 0.401. The van der Waals surface area contributed by atoms with Gasteiger partial charge in [-0.25, -0.2) is 17.6 Å². The molecule has 10 heteroatoms. The van der Waals surface area contributed by atoms with Gasteiger partial charge in [-0.05, 0) is 0 Å². The molecule has 1 aromatic carbocycles. The van der Waals surface area contributed by atoms with Crippen molar-refractivity contribution in [2.75, 3.05) is 16.7 Å². The molecule has 1 nitrogen and oxygen atoms in total. The van der Waals surface area contributed by atoms with Crippen LogP contribution in [0.4, 0.5) is 36.4 Å². The van der Waals surface area contributed by atoms with Gasteiger partial charge in [0.2, 0.25) is 0 Å². The second-order valence-corrected chi connectivity index (χ2v) is 3.87. The maximum atomic E-state index is 13.5. The second-order valence-electron chi connectivity index (χ2n) is 3.30. The van der Waals surface area contributed by atoms with Crippen molar-refractivity contribution in [3.63, 3.8) is 0 Å². The molecule has 0 aliphatic rings. The fraction of sp³-hybridized carbons (Fsp3) is 0.333. The molecule has 108 valence electrons. The van der Waals surface area contributed by atoms with Gasteiger partial charge < -0.3 is 4.90 Å². The number of benzene rings is 1. The summed E-state index contributed by atoms with van der Waals surface area (Å²) in [5, 5.41) is 0. The molecule has 0 aliphatic carbocycles. The fourth-order valence-electron chi connectivity index (χ4n) is 1.33. The van der Waals surface area contributed by atoms with Crippen LogP contribution in [0.2, 0.25) is 0 Å². The van der Waals surface area contributed by atoms with Gasteiger partial charge >= 0.3 is 6.18 Å². The lowest BCUT2D eigenvalue weighted by Gasteiger charge is -2.23. The predicted octanol–water partition coefficient (Wildman–Crippen LogP) is 3.84. The molecule has 0 aromatic heterocycles. The Morgan fingerprint density at radius 2 is 1.16 bits per heavy atom. The Bertz CT molecular complexity index is 455. The largest absolute Gasteiger partial charge is 0.422 e. The summed E-state index contributed by atoms with van der Waals surface area (Å²) in [4.78, 5) is 0.614. The highest BCUT2D eigenvalue weighted by molar-refractivity contribution is 7.81. The maximum absolute atomic E-state index is 13.5. The van der Waals surface area contributed by atoms with Crippen LogP contribution in [0.3, 0.4) is 0 Å². The zero-order chi connectivity index (χ0) is 15.0. The summed E-state index contributed by atoms with van der Waals surface area (Å²) >= 11 is 7.26. The molecular weight excluding hydrogens is 319 g/mol. The van der Waals surface area contributed by atoms with Crippen LogP contribution in [-0.2, 0) is 6.18 Å². The van der Waals surface area contributed by atoms with Gasteiger partial charge in [0, 0.05) is 0 Å². The van der Waals surface area contributed by atoms with E-state index in [0.29, 0.717) is 4.90 Å². The normalized spacial score (nSPS) is 11.8. The van der Waals surface area contributed by atoms with Crippen LogP contribution < -0.4 is 4.90 Å². The molecule has 0 saturated carbocycles. The third kappa shape index (κ3) is 2.88. The molecule has 0 radical (unpaired) electrons. The highest BCUT2D eigenvalue weighted by Crippen LogP contribution is 2.39. The minimum atomic E-state index is -5.55. The first kappa shape index (κ1) is 16.3. The summed E-state index contributed by atoms with van der Waals surface area (Å²) in [5.74, 6) is -10.1. The zero-order valence-corrected chi connectivity index (χ0v) is 10.7. The molecule has 0 saturated heterocycles. The lowest BCUT2D eigenvalue weighted by atomic mass is 10.1. The third-order valence-electron chi connectivity index (χ3n) is 2.18. The van der Waals surface area contributed by atoms with Gasteiger partial charge in [-0.2, -0.15) is 38.4 Å². The van der Waals surface area contributed by atoms with Gasteiger partial charge in [-0.1, -0.05) is 0 Å². The Hall–Kier alpha value is -0.770. The van der Waals surface area contributed by atoms with Crippen molar-refractivity contribution in [1.29, 1.82) is 0 Å². The number of alkyl halides is 3. The van der Waals surface area contributed by atoms with E-state index < -0.39 is 52.4 Å². The molecule has 0 bridgehead atoms. The number of thiol groups is 2. The number of hydrogen-bond acceptors (Lipinski definition) is 3. The average Bonchev–Trinajstić information content (AvgIpc) is 2.30. The average molecular weight is 325 g/mol. The molecular formula is C9H6F7NS2. The molecule has 1 aromatic rings. The summed E-state index contributed by atoms with van der Waals surface area (Å²) < 4.78 is 90.4. The monoisotopic (exact) mass is 325 g/mol. The minimum Gasteiger partial charge on any atom is -0.349 e.